The molecular weight excluding hydrogens is 214 g/mol. The summed E-state index contributed by atoms with van der Waals surface area (Å²) in [6, 6.07) is 5.77. The summed E-state index contributed by atoms with van der Waals surface area (Å²) in [5.41, 5.74) is 6.82. The number of nitrogens with two attached hydrogens (primary N) is 1. The maximum absolute atomic E-state index is 5.77. The molecule has 0 saturated carbocycles. The van der Waals surface area contributed by atoms with Crippen molar-refractivity contribution < 1.29 is 9.47 Å². The smallest absolute Gasteiger partial charge is 0.161 e. The molecule has 1 aromatic rings. The maximum atomic E-state index is 5.77. The first-order chi connectivity index (χ1) is 6.69. The average molecular weight is 232 g/mol. The first kappa shape index (κ1) is 14.1. The first-order valence-electron chi connectivity index (χ1n) is 4.75. The number of hydrogen-bond acceptors (Lipinski definition) is 3. The second-order valence-electron chi connectivity index (χ2n) is 3.13. The van der Waals surface area contributed by atoms with E-state index in [1.54, 1.807) is 7.11 Å². The van der Waals surface area contributed by atoms with Crippen LogP contribution in [-0.2, 0) is 0 Å². The highest BCUT2D eigenvalue weighted by Crippen LogP contribution is 2.29. The van der Waals surface area contributed by atoms with E-state index in [2.05, 4.69) is 0 Å². The lowest BCUT2D eigenvalue weighted by molar-refractivity contribution is 0.310. The van der Waals surface area contributed by atoms with Crippen molar-refractivity contribution in [1.29, 1.82) is 0 Å². The van der Waals surface area contributed by atoms with Crippen LogP contribution in [0.2, 0.25) is 0 Å². The Morgan fingerprint density at radius 2 is 2.00 bits per heavy atom. The van der Waals surface area contributed by atoms with E-state index in [1.807, 2.05) is 32.0 Å². The van der Waals surface area contributed by atoms with Gasteiger partial charge in [0.1, 0.15) is 0 Å². The van der Waals surface area contributed by atoms with Crippen molar-refractivity contribution >= 4 is 12.4 Å². The fourth-order valence-corrected chi connectivity index (χ4v) is 1.24. The maximum Gasteiger partial charge on any atom is 0.161 e. The fraction of sp³-hybridized carbons (Fsp3) is 0.455. The molecule has 0 aliphatic heterocycles. The van der Waals surface area contributed by atoms with E-state index in [9.17, 15) is 0 Å². The molecule has 0 radical (unpaired) electrons. The summed E-state index contributed by atoms with van der Waals surface area (Å²) in [6.07, 6.45) is 0. The molecule has 3 nitrogen and oxygen atoms in total. The molecule has 1 rings (SSSR count). The minimum Gasteiger partial charge on any atom is -0.493 e. The van der Waals surface area contributed by atoms with Crippen molar-refractivity contribution in [2.24, 2.45) is 5.73 Å². The highest BCUT2D eigenvalue weighted by Gasteiger charge is 2.07. The summed E-state index contributed by atoms with van der Waals surface area (Å²) < 4.78 is 10.6. The zero-order valence-electron chi connectivity index (χ0n) is 9.32. The van der Waals surface area contributed by atoms with Crippen LogP contribution >= 0.6 is 12.4 Å². The van der Waals surface area contributed by atoms with Crippen LogP contribution in [-0.4, -0.2) is 13.7 Å². The van der Waals surface area contributed by atoms with Gasteiger partial charge in [-0.25, -0.2) is 0 Å². The van der Waals surface area contributed by atoms with Gasteiger partial charge in [-0.05, 0) is 31.5 Å². The summed E-state index contributed by atoms with van der Waals surface area (Å²) in [7, 11) is 1.63. The van der Waals surface area contributed by atoms with Gasteiger partial charge >= 0.3 is 0 Å². The Morgan fingerprint density at radius 1 is 1.33 bits per heavy atom. The molecule has 0 saturated heterocycles. The van der Waals surface area contributed by atoms with E-state index in [-0.39, 0.29) is 18.4 Å². The second-order valence-corrected chi connectivity index (χ2v) is 3.13. The Hall–Kier alpha value is -0.930. The van der Waals surface area contributed by atoms with Crippen molar-refractivity contribution in [3.05, 3.63) is 23.8 Å². The molecule has 0 fully saturated rings. The van der Waals surface area contributed by atoms with Gasteiger partial charge in [-0.2, -0.15) is 0 Å². The van der Waals surface area contributed by atoms with E-state index in [0.29, 0.717) is 6.61 Å². The lowest BCUT2D eigenvalue weighted by atomic mass is 10.1. The fourth-order valence-electron chi connectivity index (χ4n) is 1.24. The molecule has 1 aromatic carbocycles. The van der Waals surface area contributed by atoms with Gasteiger partial charge in [-0.3, -0.25) is 0 Å². The normalized spacial score (nSPS) is 11.5. The molecule has 0 unspecified atom stereocenters. The molecule has 0 bridgehead atoms. The molecule has 0 aliphatic rings. The SMILES string of the molecule is CCOc1cc([C@H](C)N)ccc1OC.Cl. The number of rotatable bonds is 4. The summed E-state index contributed by atoms with van der Waals surface area (Å²) in [6.45, 7) is 4.51. The number of halogens is 1. The Labute approximate surface area is 97.0 Å². The van der Waals surface area contributed by atoms with Gasteiger partial charge in [0.25, 0.3) is 0 Å². The van der Waals surface area contributed by atoms with Gasteiger partial charge < -0.3 is 15.2 Å². The van der Waals surface area contributed by atoms with Crippen molar-refractivity contribution in [2.75, 3.05) is 13.7 Å². The van der Waals surface area contributed by atoms with E-state index in [4.69, 9.17) is 15.2 Å². The molecule has 15 heavy (non-hydrogen) atoms. The molecule has 86 valence electrons. The molecule has 2 N–H and O–H groups in total. The van der Waals surface area contributed by atoms with Crippen LogP contribution in [0.1, 0.15) is 25.5 Å². The Kier molecular flexibility index (Phi) is 6.13. The van der Waals surface area contributed by atoms with Crippen LogP contribution in [0.25, 0.3) is 0 Å². The lowest BCUT2D eigenvalue weighted by Crippen LogP contribution is -2.05. The highest BCUT2D eigenvalue weighted by molar-refractivity contribution is 5.85. The van der Waals surface area contributed by atoms with Crippen molar-refractivity contribution in [3.8, 4) is 11.5 Å². The lowest BCUT2D eigenvalue weighted by Gasteiger charge is -2.12. The van der Waals surface area contributed by atoms with E-state index in [1.165, 1.54) is 0 Å². The topological polar surface area (TPSA) is 44.5 Å². The Morgan fingerprint density at radius 3 is 2.47 bits per heavy atom. The number of benzene rings is 1. The van der Waals surface area contributed by atoms with Crippen molar-refractivity contribution in [2.45, 2.75) is 19.9 Å². The largest absolute Gasteiger partial charge is 0.493 e. The highest BCUT2D eigenvalue weighted by atomic mass is 35.5. The van der Waals surface area contributed by atoms with E-state index < -0.39 is 0 Å². The zero-order chi connectivity index (χ0) is 10.6. The third-order valence-electron chi connectivity index (χ3n) is 2.01. The van der Waals surface area contributed by atoms with E-state index in [0.717, 1.165) is 17.1 Å². The van der Waals surface area contributed by atoms with Gasteiger partial charge in [-0.15, -0.1) is 12.4 Å². The predicted octanol–water partition coefficient (Wildman–Crippen LogP) is 2.54. The monoisotopic (exact) mass is 231 g/mol. The summed E-state index contributed by atoms with van der Waals surface area (Å²) in [5, 5.41) is 0. The second kappa shape index (κ2) is 6.53. The van der Waals surface area contributed by atoms with E-state index >= 15 is 0 Å². The number of hydrogen-bond donors (Lipinski definition) is 1. The van der Waals surface area contributed by atoms with Gasteiger partial charge in [0.15, 0.2) is 11.5 Å². The Bertz CT molecular complexity index is 303. The van der Waals surface area contributed by atoms with Gasteiger partial charge in [0.2, 0.25) is 0 Å². The first-order valence-corrected chi connectivity index (χ1v) is 4.75. The molecule has 0 aliphatic carbocycles. The molecule has 0 aromatic heterocycles. The number of ether oxygens (including phenoxy) is 2. The van der Waals surface area contributed by atoms with Crippen molar-refractivity contribution in [1.82, 2.24) is 0 Å². The van der Waals surface area contributed by atoms with Crippen LogP contribution in [0.4, 0.5) is 0 Å². The zero-order valence-corrected chi connectivity index (χ0v) is 10.1. The molecule has 0 spiro atoms. The quantitative estimate of drug-likeness (QED) is 0.866. The molecular formula is C11H18ClNO2. The average Bonchev–Trinajstić information content (AvgIpc) is 2.18. The summed E-state index contributed by atoms with van der Waals surface area (Å²) in [4.78, 5) is 0. The molecule has 0 heterocycles. The van der Waals surface area contributed by atoms with Gasteiger partial charge in [-0.1, -0.05) is 6.07 Å². The third-order valence-corrected chi connectivity index (χ3v) is 2.01. The van der Waals surface area contributed by atoms with Crippen LogP contribution in [0.5, 0.6) is 11.5 Å². The molecule has 0 amide bonds. The van der Waals surface area contributed by atoms with Gasteiger partial charge in [0.05, 0.1) is 13.7 Å². The van der Waals surface area contributed by atoms with Crippen LogP contribution in [0, 0.1) is 0 Å². The predicted molar refractivity (Wildman–Crippen MR) is 64.0 cm³/mol. The van der Waals surface area contributed by atoms with Crippen molar-refractivity contribution in [3.63, 3.8) is 0 Å². The van der Waals surface area contributed by atoms with Crippen LogP contribution < -0.4 is 15.2 Å². The van der Waals surface area contributed by atoms with Crippen LogP contribution in [0.15, 0.2) is 18.2 Å². The Balaban J connectivity index is 0.00000196. The molecule has 4 heteroatoms. The minimum absolute atomic E-state index is 0. The summed E-state index contributed by atoms with van der Waals surface area (Å²) in [5.74, 6) is 1.50. The van der Waals surface area contributed by atoms with Gasteiger partial charge in [0, 0.05) is 6.04 Å². The third kappa shape index (κ3) is 3.61. The summed E-state index contributed by atoms with van der Waals surface area (Å²) >= 11 is 0. The van der Waals surface area contributed by atoms with Crippen LogP contribution in [0.3, 0.4) is 0 Å². The minimum atomic E-state index is 0. The molecule has 1 atom stereocenters. The standard InChI is InChI=1S/C11H17NO2.ClH/c1-4-14-11-7-9(8(2)12)5-6-10(11)13-3;/h5-8H,4,12H2,1-3H3;1H/t8-;/m0./s1. The number of methoxy groups -OCH3 is 1.